The first-order valence-corrected chi connectivity index (χ1v) is 6.09. The first-order valence-electron chi connectivity index (χ1n) is 5.71. The molecule has 5 heteroatoms. The van der Waals surface area contributed by atoms with E-state index in [0.29, 0.717) is 17.1 Å². The van der Waals surface area contributed by atoms with Gasteiger partial charge in [0, 0.05) is 10.6 Å². The summed E-state index contributed by atoms with van der Waals surface area (Å²) in [7, 11) is 0. The van der Waals surface area contributed by atoms with Gasteiger partial charge in [0.15, 0.2) is 5.78 Å². The van der Waals surface area contributed by atoms with E-state index in [-0.39, 0.29) is 12.2 Å². The van der Waals surface area contributed by atoms with Crippen molar-refractivity contribution in [3.8, 4) is 0 Å². The summed E-state index contributed by atoms with van der Waals surface area (Å²) in [6, 6.07) is 4.31. The monoisotopic (exact) mass is 269 g/mol. The highest BCUT2D eigenvalue weighted by Gasteiger charge is 2.23. The van der Waals surface area contributed by atoms with Crippen molar-refractivity contribution < 1.29 is 14.7 Å². The highest BCUT2D eigenvalue weighted by molar-refractivity contribution is 6.31. The molecule has 0 saturated carbocycles. The minimum absolute atomic E-state index is 0.237. The number of carbonyl (C=O) groups excluding carboxylic acids is 1. The summed E-state index contributed by atoms with van der Waals surface area (Å²) < 4.78 is 0. The van der Waals surface area contributed by atoms with Gasteiger partial charge >= 0.3 is 5.97 Å². The zero-order valence-corrected chi connectivity index (χ0v) is 11.1. The van der Waals surface area contributed by atoms with Gasteiger partial charge in [-0.3, -0.25) is 9.59 Å². The van der Waals surface area contributed by atoms with E-state index in [1.807, 2.05) is 6.92 Å². The van der Waals surface area contributed by atoms with E-state index in [1.54, 1.807) is 25.1 Å². The number of carboxylic acids is 1. The van der Waals surface area contributed by atoms with Gasteiger partial charge in [-0.1, -0.05) is 24.6 Å². The third kappa shape index (κ3) is 3.82. The van der Waals surface area contributed by atoms with Crippen molar-refractivity contribution in [2.45, 2.75) is 26.3 Å². The summed E-state index contributed by atoms with van der Waals surface area (Å²) in [5.41, 5.74) is 1.26. The second kappa shape index (κ2) is 6.52. The number of benzene rings is 1. The average molecular weight is 270 g/mol. The van der Waals surface area contributed by atoms with Crippen LogP contribution in [0.2, 0.25) is 5.02 Å². The lowest BCUT2D eigenvalue weighted by Crippen LogP contribution is -2.38. The maximum atomic E-state index is 12.3. The summed E-state index contributed by atoms with van der Waals surface area (Å²) in [4.78, 5) is 23.0. The first kappa shape index (κ1) is 14.7. The molecule has 0 bridgehead atoms. The molecule has 1 rings (SSSR count). The Hall–Kier alpha value is -1.39. The molecule has 2 N–H and O–H groups in total. The number of carbonyl (C=O) groups is 2. The molecule has 18 heavy (non-hydrogen) atoms. The summed E-state index contributed by atoms with van der Waals surface area (Å²) in [5, 5.41) is 12.2. The van der Waals surface area contributed by atoms with Crippen LogP contribution in [-0.2, 0) is 4.79 Å². The van der Waals surface area contributed by atoms with Crippen molar-refractivity contribution in [1.82, 2.24) is 5.32 Å². The number of Topliss-reactive ketones (excluding diaryl/α,β-unsaturated/α-hetero) is 1. The molecule has 4 nitrogen and oxygen atoms in total. The number of rotatable bonds is 6. The van der Waals surface area contributed by atoms with Gasteiger partial charge in [-0.05, 0) is 31.2 Å². The summed E-state index contributed by atoms with van der Waals surface area (Å²) in [6.07, 6.45) is -0.237. The molecule has 1 aromatic carbocycles. The Morgan fingerprint density at radius 3 is 2.67 bits per heavy atom. The molecule has 0 aliphatic heterocycles. The molecular formula is C13H16ClNO3. The van der Waals surface area contributed by atoms with Crippen molar-refractivity contribution in [2.24, 2.45) is 0 Å². The SMILES string of the molecule is CCNC(CC(=O)O)C(=O)c1cc(Cl)ccc1C. The van der Waals surface area contributed by atoms with E-state index >= 15 is 0 Å². The van der Waals surface area contributed by atoms with Gasteiger partial charge in [0.25, 0.3) is 0 Å². The van der Waals surface area contributed by atoms with Crippen molar-refractivity contribution in [2.75, 3.05) is 6.54 Å². The highest BCUT2D eigenvalue weighted by atomic mass is 35.5. The number of aliphatic carboxylic acids is 1. The molecule has 0 amide bonds. The summed E-state index contributed by atoms with van der Waals surface area (Å²) >= 11 is 5.86. The smallest absolute Gasteiger partial charge is 0.305 e. The van der Waals surface area contributed by atoms with E-state index in [4.69, 9.17) is 16.7 Å². The fourth-order valence-corrected chi connectivity index (χ4v) is 1.90. The van der Waals surface area contributed by atoms with Crippen molar-refractivity contribution in [1.29, 1.82) is 0 Å². The minimum atomic E-state index is -1.01. The predicted molar refractivity (Wildman–Crippen MR) is 70.2 cm³/mol. The van der Waals surface area contributed by atoms with Crippen LogP contribution < -0.4 is 5.32 Å². The number of likely N-dealkylation sites (N-methyl/N-ethyl adjacent to an activating group) is 1. The van der Waals surface area contributed by atoms with E-state index < -0.39 is 12.0 Å². The van der Waals surface area contributed by atoms with Crippen LogP contribution in [0.5, 0.6) is 0 Å². The van der Waals surface area contributed by atoms with Crippen LogP contribution in [0.3, 0.4) is 0 Å². The zero-order chi connectivity index (χ0) is 13.7. The molecule has 0 fully saturated rings. The van der Waals surface area contributed by atoms with Gasteiger partial charge in [0.2, 0.25) is 0 Å². The second-order valence-corrected chi connectivity index (χ2v) is 4.47. The van der Waals surface area contributed by atoms with Crippen molar-refractivity contribution in [3.05, 3.63) is 34.3 Å². The fourth-order valence-electron chi connectivity index (χ4n) is 1.73. The fraction of sp³-hybridized carbons (Fsp3) is 0.385. The van der Waals surface area contributed by atoms with Crippen LogP contribution in [-0.4, -0.2) is 29.4 Å². The Labute approximate surface area is 111 Å². The topological polar surface area (TPSA) is 66.4 Å². The molecule has 1 aromatic rings. The number of hydrogen-bond acceptors (Lipinski definition) is 3. The molecule has 98 valence electrons. The maximum absolute atomic E-state index is 12.3. The molecule has 1 atom stereocenters. The van der Waals surface area contributed by atoms with Gasteiger partial charge in [0.05, 0.1) is 12.5 Å². The number of carboxylic acid groups (broad SMARTS) is 1. The lowest BCUT2D eigenvalue weighted by molar-refractivity contribution is -0.137. The highest BCUT2D eigenvalue weighted by Crippen LogP contribution is 2.17. The Kier molecular flexibility index (Phi) is 5.31. The second-order valence-electron chi connectivity index (χ2n) is 4.03. The third-order valence-electron chi connectivity index (χ3n) is 2.61. The van der Waals surface area contributed by atoms with E-state index in [1.165, 1.54) is 0 Å². The van der Waals surface area contributed by atoms with Crippen LogP contribution in [0.25, 0.3) is 0 Å². The normalized spacial score (nSPS) is 12.2. The largest absolute Gasteiger partial charge is 0.481 e. The molecule has 0 aliphatic carbocycles. The van der Waals surface area contributed by atoms with Gasteiger partial charge in [-0.2, -0.15) is 0 Å². The van der Waals surface area contributed by atoms with Crippen LogP contribution in [0.15, 0.2) is 18.2 Å². The number of hydrogen-bond donors (Lipinski definition) is 2. The molecular weight excluding hydrogens is 254 g/mol. The number of aryl methyl sites for hydroxylation is 1. The summed E-state index contributed by atoms with van der Waals surface area (Å²) in [6.45, 7) is 4.16. The standard InChI is InChI=1S/C13H16ClNO3/c1-3-15-11(7-12(16)17)13(18)10-6-9(14)5-4-8(10)2/h4-6,11,15H,3,7H2,1-2H3,(H,16,17). The Morgan fingerprint density at radius 2 is 2.11 bits per heavy atom. The molecule has 1 unspecified atom stereocenters. The lowest BCUT2D eigenvalue weighted by Gasteiger charge is -2.16. The number of halogens is 1. The molecule has 0 saturated heterocycles. The van der Waals surface area contributed by atoms with Gasteiger partial charge in [-0.15, -0.1) is 0 Å². The van der Waals surface area contributed by atoms with Gasteiger partial charge in [0.1, 0.15) is 0 Å². The molecule has 0 aromatic heterocycles. The Balaban J connectivity index is 3.01. The summed E-state index contributed by atoms with van der Waals surface area (Å²) in [5.74, 6) is -1.24. The van der Waals surface area contributed by atoms with Crippen LogP contribution in [0.4, 0.5) is 0 Å². The molecule has 0 spiro atoms. The van der Waals surface area contributed by atoms with E-state index in [2.05, 4.69) is 5.32 Å². The Morgan fingerprint density at radius 1 is 1.44 bits per heavy atom. The first-order chi connectivity index (χ1) is 8.45. The lowest BCUT2D eigenvalue weighted by atomic mass is 9.97. The van der Waals surface area contributed by atoms with Crippen LogP contribution in [0, 0.1) is 6.92 Å². The molecule has 0 radical (unpaired) electrons. The van der Waals surface area contributed by atoms with Gasteiger partial charge < -0.3 is 10.4 Å². The predicted octanol–water partition coefficient (Wildman–Crippen LogP) is 2.28. The average Bonchev–Trinajstić information content (AvgIpc) is 2.30. The molecule has 0 heterocycles. The van der Waals surface area contributed by atoms with Gasteiger partial charge in [-0.25, -0.2) is 0 Å². The van der Waals surface area contributed by atoms with E-state index in [9.17, 15) is 9.59 Å². The minimum Gasteiger partial charge on any atom is -0.481 e. The van der Waals surface area contributed by atoms with Crippen molar-refractivity contribution >= 4 is 23.4 Å². The third-order valence-corrected chi connectivity index (χ3v) is 2.85. The van der Waals surface area contributed by atoms with Crippen LogP contribution >= 0.6 is 11.6 Å². The maximum Gasteiger partial charge on any atom is 0.305 e. The number of ketones is 1. The number of nitrogens with one attached hydrogen (secondary N) is 1. The van der Waals surface area contributed by atoms with Crippen LogP contribution in [0.1, 0.15) is 29.3 Å². The zero-order valence-electron chi connectivity index (χ0n) is 10.4. The van der Waals surface area contributed by atoms with Crippen molar-refractivity contribution in [3.63, 3.8) is 0 Å². The molecule has 0 aliphatic rings. The quantitative estimate of drug-likeness (QED) is 0.778. The Bertz CT molecular complexity index is 460. The van der Waals surface area contributed by atoms with E-state index in [0.717, 1.165) is 5.56 Å².